The Hall–Kier alpha value is -1.60. The molecular weight excluding hydrogens is 364 g/mol. The second kappa shape index (κ2) is 9.94. The number of rotatable bonds is 5. The maximum absolute atomic E-state index is 4.96. The van der Waals surface area contributed by atoms with E-state index in [0.29, 0.717) is 5.54 Å². The van der Waals surface area contributed by atoms with Crippen LogP contribution < -0.4 is 5.32 Å². The number of aromatic nitrogens is 1. The molecule has 0 atom stereocenters. The van der Waals surface area contributed by atoms with Crippen molar-refractivity contribution in [3.8, 4) is 0 Å². The third-order valence-corrected chi connectivity index (χ3v) is 7.15. The predicted octanol–water partition coefficient (Wildman–Crippen LogP) is 2.56. The van der Waals surface area contributed by atoms with E-state index in [1.807, 2.05) is 13.1 Å². The number of guanidine groups is 1. The summed E-state index contributed by atoms with van der Waals surface area (Å²) in [6.07, 6.45) is 12.6. The summed E-state index contributed by atoms with van der Waals surface area (Å²) in [6, 6.07) is 1.96. The molecule has 0 radical (unpaired) electrons. The molecular formula is C22H38N6O. The number of aliphatic imine (C=N–C) groups is 1. The Morgan fingerprint density at radius 3 is 2.41 bits per heavy atom. The molecule has 0 amide bonds. The molecule has 0 aromatic carbocycles. The van der Waals surface area contributed by atoms with E-state index in [9.17, 15) is 0 Å². The molecule has 4 rings (SSSR count). The van der Waals surface area contributed by atoms with Gasteiger partial charge in [0.05, 0.1) is 5.69 Å². The van der Waals surface area contributed by atoms with E-state index in [0.717, 1.165) is 50.9 Å². The summed E-state index contributed by atoms with van der Waals surface area (Å²) < 4.78 is 4.96. The van der Waals surface area contributed by atoms with Gasteiger partial charge < -0.3 is 14.7 Å². The van der Waals surface area contributed by atoms with Gasteiger partial charge in [0.1, 0.15) is 6.26 Å². The fraction of sp³-hybridized carbons (Fsp3) is 0.818. The molecule has 1 N–H and O–H groups in total. The second-order valence-corrected chi connectivity index (χ2v) is 8.99. The number of hydrogen-bond acceptors (Lipinski definition) is 5. The molecule has 0 spiro atoms. The average Bonchev–Trinajstić information content (AvgIpc) is 3.30. The van der Waals surface area contributed by atoms with Crippen LogP contribution in [0.1, 0.15) is 57.1 Å². The first kappa shape index (κ1) is 20.7. The third-order valence-electron chi connectivity index (χ3n) is 7.15. The molecule has 2 aliphatic heterocycles. The van der Waals surface area contributed by atoms with E-state index in [4.69, 9.17) is 4.52 Å². The minimum Gasteiger partial charge on any atom is -0.364 e. The van der Waals surface area contributed by atoms with Crippen molar-refractivity contribution >= 4 is 5.96 Å². The highest BCUT2D eigenvalue weighted by Crippen LogP contribution is 2.35. The highest BCUT2D eigenvalue weighted by Gasteiger charge is 2.38. The highest BCUT2D eigenvalue weighted by atomic mass is 16.5. The Balaban J connectivity index is 1.31. The molecule has 7 heteroatoms. The topological polar surface area (TPSA) is 60.1 Å². The van der Waals surface area contributed by atoms with Gasteiger partial charge in [0.2, 0.25) is 0 Å². The Labute approximate surface area is 175 Å². The van der Waals surface area contributed by atoms with Gasteiger partial charge in [0.15, 0.2) is 5.96 Å². The van der Waals surface area contributed by atoms with Crippen LogP contribution in [0.5, 0.6) is 0 Å². The average molecular weight is 403 g/mol. The first-order chi connectivity index (χ1) is 14.3. The molecule has 0 bridgehead atoms. The molecule has 1 aromatic rings. The van der Waals surface area contributed by atoms with Gasteiger partial charge in [-0.25, -0.2) is 0 Å². The van der Waals surface area contributed by atoms with Gasteiger partial charge in [-0.2, -0.15) is 0 Å². The van der Waals surface area contributed by atoms with Crippen LogP contribution in [0.15, 0.2) is 21.8 Å². The van der Waals surface area contributed by atoms with Crippen molar-refractivity contribution in [3.63, 3.8) is 0 Å². The maximum atomic E-state index is 4.96. The molecule has 1 aromatic heterocycles. The Morgan fingerprint density at radius 2 is 1.76 bits per heavy atom. The van der Waals surface area contributed by atoms with Crippen molar-refractivity contribution in [2.75, 3.05) is 52.9 Å². The smallest absolute Gasteiger partial charge is 0.193 e. The summed E-state index contributed by atoms with van der Waals surface area (Å²) in [5, 5.41) is 7.84. The summed E-state index contributed by atoms with van der Waals surface area (Å²) >= 11 is 0. The van der Waals surface area contributed by atoms with Crippen LogP contribution in [0.4, 0.5) is 0 Å². The number of hydrogen-bond donors (Lipinski definition) is 1. The Morgan fingerprint density at radius 1 is 1.03 bits per heavy atom. The molecule has 0 unspecified atom stereocenters. The lowest BCUT2D eigenvalue weighted by Gasteiger charge is -2.49. The van der Waals surface area contributed by atoms with Crippen molar-refractivity contribution < 1.29 is 4.52 Å². The molecule has 3 aliphatic rings. The lowest BCUT2D eigenvalue weighted by molar-refractivity contribution is 0.0361. The quantitative estimate of drug-likeness (QED) is 0.603. The first-order valence-electron chi connectivity index (χ1n) is 11.6. The molecule has 1 saturated carbocycles. The van der Waals surface area contributed by atoms with Gasteiger partial charge in [-0.05, 0) is 38.8 Å². The van der Waals surface area contributed by atoms with Crippen LogP contribution in [0.25, 0.3) is 0 Å². The molecule has 3 fully saturated rings. The van der Waals surface area contributed by atoms with E-state index in [1.165, 1.54) is 64.5 Å². The van der Waals surface area contributed by atoms with Crippen LogP contribution in [0.3, 0.4) is 0 Å². The fourth-order valence-electron chi connectivity index (χ4n) is 5.42. The van der Waals surface area contributed by atoms with Gasteiger partial charge in [-0.15, -0.1) is 0 Å². The van der Waals surface area contributed by atoms with Gasteiger partial charge in [0, 0.05) is 57.9 Å². The summed E-state index contributed by atoms with van der Waals surface area (Å²) in [4.78, 5) is 12.3. The molecule has 162 valence electrons. The van der Waals surface area contributed by atoms with E-state index in [-0.39, 0.29) is 0 Å². The van der Waals surface area contributed by atoms with E-state index in [2.05, 4.69) is 30.2 Å². The zero-order chi connectivity index (χ0) is 19.9. The summed E-state index contributed by atoms with van der Waals surface area (Å²) in [5.41, 5.74) is 1.35. The van der Waals surface area contributed by atoms with Crippen molar-refractivity contribution in [1.29, 1.82) is 0 Å². The number of piperidine rings is 1. The Bertz CT molecular complexity index is 626. The highest BCUT2D eigenvalue weighted by molar-refractivity contribution is 5.80. The number of nitrogens with one attached hydrogen (secondary N) is 1. The normalized spacial score (nSPS) is 24.6. The zero-order valence-corrected chi connectivity index (χ0v) is 18.1. The summed E-state index contributed by atoms with van der Waals surface area (Å²) in [7, 11) is 1.93. The van der Waals surface area contributed by atoms with E-state index >= 15 is 0 Å². The minimum atomic E-state index is 0.337. The monoisotopic (exact) mass is 402 g/mol. The largest absolute Gasteiger partial charge is 0.364 e. The van der Waals surface area contributed by atoms with Gasteiger partial charge in [0.25, 0.3) is 0 Å². The van der Waals surface area contributed by atoms with Crippen molar-refractivity contribution in [3.05, 3.63) is 18.0 Å². The number of likely N-dealkylation sites (tertiary alicyclic amines) is 1. The lowest BCUT2D eigenvalue weighted by atomic mass is 9.79. The maximum Gasteiger partial charge on any atom is 0.193 e. The second-order valence-electron chi connectivity index (χ2n) is 8.99. The summed E-state index contributed by atoms with van der Waals surface area (Å²) in [5.74, 6) is 1.08. The van der Waals surface area contributed by atoms with Gasteiger partial charge >= 0.3 is 0 Å². The summed E-state index contributed by atoms with van der Waals surface area (Å²) in [6.45, 7) is 8.55. The standard InChI is InChI=1S/C22H38N6O/c1-23-21(27-15-13-26(14-16-27)18-20-8-17-29-25-20)24-19-22(9-4-2-5-10-22)28-11-6-3-7-12-28/h8,17H,2-7,9-16,18-19H2,1H3,(H,23,24). The van der Waals surface area contributed by atoms with Crippen molar-refractivity contribution in [2.45, 2.75) is 63.5 Å². The number of piperazine rings is 1. The molecule has 1 aliphatic carbocycles. The Kier molecular flexibility index (Phi) is 7.08. The van der Waals surface area contributed by atoms with Crippen LogP contribution in [-0.4, -0.2) is 84.2 Å². The van der Waals surface area contributed by atoms with Crippen LogP contribution in [0, 0.1) is 0 Å². The van der Waals surface area contributed by atoms with Gasteiger partial charge in [-0.1, -0.05) is 30.8 Å². The predicted molar refractivity (Wildman–Crippen MR) is 116 cm³/mol. The zero-order valence-electron chi connectivity index (χ0n) is 18.1. The number of nitrogens with zero attached hydrogens (tertiary/aromatic N) is 5. The van der Waals surface area contributed by atoms with Crippen molar-refractivity contribution in [1.82, 2.24) is 25.2 Å². The van der Waals surface area contributed by atoms with Crippen LogP contribution in [-0.2, 0) is 6.54 Å². The third kappa shape index (κ3) is 5.12. The van der Waals surface area contributed by atoms with Crippen LogP contribution in [0.2, 0.25) is 0 Å². The van der Waals surface area contributed by atoms with Crippen molar-refractivity contribution in [2.24, 2.45) is 4.99 Å². The minimum absolute atomic E-state index is 0.337. The van der Waals surface area contributed by atoms with E-state index < -0.39 is 0 Å². The molecule has 3 heterocycles. The molecule has 29 heavy (non-hydrogen) atoms. The molecule has 7 nitrogen and oxygen atoms in total. The fourth-order valence-corrected chi connectivity index (χ4v) is 5.42. The van der Waals surface area contributed by atoms with Crippen LogP contribution >= 0.6 is 0 Å². The first-order valence-corrected chi connectivity index (χ1v) is 11.6. The van der Waals surface area contributed by atoms with E-state index in [1.54, 1.807) is 6.26 Å². The lowest BCUT2D eigenvalue weighted by Crippen LogP contribution is -2.60. The molecule has 2 saturated heterocycles. The van der Waals surface area contributed by atoms with Gasteiger partial charge in [-0.3, -0.25) is 14.8 Å². The SMILES string of the molecule is CN=C(NCC1(N2CCCCC2)CCCCC1)N1CCN(Cc2ccon2)CC1.